The Morgan fingerprint density at radius 1 is 1.21 bits per heavy atom. The topological polar surface area (TPSA) is 216 Å². The fourth-order valence-corrected chi connectivity index (χ4v) is 0.185. The standard InChI is InChI=1S/CH8N6.N3O4/c2-5-1(6-3)7-4;4-2(5)1-3(6)7/h2-4H2,(H2,5,6,7);/q;-1/p+1. The summed E-state index contributed by atoms with van der Waals surface area (Å²) in [5.41, 5.74) is 6.01. The zero-order valence-electron chi connectivity index (χ0n) is 6.71. The Kier molecular flexibility index (Phi) is 8.77. The number of rotatable bonds is 2. The third kappa shape index (κ3) is 12.3. The van der Waals surface area contributed by atoms with E-state index in [1.165, 1.54) is 0 Å². The third-order valence-corrected chi connectivity index (χ3v) is 0.579. The minimum absolute atomic E-state index is 0.264. The van der Waals surface area contributed by atoms with E-state index in [4.69, 9.17) is 37.8 Å². The lowest BCUT2D eigenvalue weighted by Gasteiger charge is -1.92. The molecule has 82 valence electrons. The van der Waals surface area contributed by atoms with Crippen molar-refractivity contribution >= 4 is 5.96 Å². The van der Waals surface area contributed by atoms with Gasteiger partial charge < -0.3 is 0 Å². The van der Waals surface area contributed by atoms with Gasteiger partial charge in [-0.1, -0.05) is 0 Å². The summed E-state index contributed by atoms with van der Waals surface area (Å²) in [7, 11) is 0. The molecule has 0 saturated carbocycles. The first-order valence-electron chi connectivity index (χ1n) is 2.75. The Balaban J connectivity index is 0. The number of nitro groups is 2. The van der Waals surface area contributed by atoms with Gasteiger partial charge in [0.05, 0.1) is 0 Å². The van der Waals surface area contributed by atoms with Crippen LogP contribution in [-0.2, 0) is 0 Å². The number of nitrogens with zero attached hydrogens (tertiary/aromatic N) is 3. The van der Waals surface area contributed by atoms with Gasteiger partial charge in [-0.15, -0.1) is 0 Å². The molecule has 0 amide bonds. The number of hydrazine groups is 3. The van der Waals surface area contributed by atoms with E-state index in [2.05, 4.69) is 16.0 Å². The summed E-state index contributed by atoms with van der Waals surface area (Å²) in [5, 5.41) is 17.4. The molecule has 0 rings (SSSR count). The molecular weight excluding hydrogens is 202 g/mol. The highest BCUT2D eigenvalue weighted by Gasteiger charge is 1.92. The van der Waals surface area contributed by atoms with E-state index < -0.39 is 10.1 Å². The Bertz CT molecular complexity index is 193. The van der Waals surface area contributed by atoms with Gasteiger partial charge in [-0.05, 0) is 5.53 Å². The van der Waals surface area contributed by atoms with Crippen molar-refractivity contribution in [1.82, 2.24) is 10.9 Å². The Hall–Kier alpha value is -2.41. The molecule has 0 aliphatic heterocycles. The Morgan fingerprint density at radius 2 is 1.57 bits per heavy atom. The van der Waals surface area contributed by atoms with Gasteiger partial charge >= 0.3 is 5.96 Å². The van der Waals surface area contributed by atoms with Crippen molar-refractivity contribution < 1.29 is 15.2 Å². The molecule has 9 N–H and O–H groups in total. The van der Waals surface area contributed by atoms with Crippen LogP contribution in [0.2, 0.25) is 0 Å². The van der Waals surface area contributed by atoms with Gasteiger partial charge in [0.1, 0.15) is 0 Å². The SMILES string of the molecule is NNC(NN)=[NH+]N.O=[N+]([O-])[N-][N+](=O)[O-]. The maximum absolute atomic E-state index is 9.01. The maximum Gasteiger partial charge on any atom is 0.398 e. The Labute approximate surface area is 76.5 Å². The number of hydrogen-bond donors (Lipinski definition) is 6. The molecule has 0 radical (unpaired) electrons. The van der Waals surface area contributed by atoms with E-state index >= 15 is 0 Å². The molecule has 0 bridgehead atoms. The van der Waals surface area contributed by atoms with Crippen LogP contribution in [0.25, 0.3) is 5.53 Å². The van der Waals surface area contributed by atoms with Crippen LogP contribution < -0.4 is 33.5 Å². The van der Waals surface area contributed by atoms with Crippen molar-refractivity contribution in [3.05, 3.63) is 25.8 Å². The van der Waals surface area contributed by atoms with Crippen LogP contribution in [0.5, 0.6) is 0 Å². The third-order valence-electron chi connectivity index (χ3n) is 0.579. The lowest BCUT2D eigenvalue weighted by Crippen LogP contribution is -2.86. The summed E-state index contributed by atoms with van der Waals surface area (Å²) < 4.78 is 0. The lowest BCUT2D eigenvalue weighted by molar-refractivity contribution is -0.618. The monoisotopic (exact) mass is 211 g/mol. The van der Waals surface area contributed by atoms with Gasteiger partial charge in [0.2, 0.25) is 0 Å². The molecule has 14 heavy (non-hydrogen) atoms. The van der Waals surface area contributed by atoms with E-state index in [1.54, 1.807) is 5.53 Å². The Morgan fingerprint density at radius 3 is 1.57 bits per heavy atom. The van der Waals surface area contributed by atoms with Crippen molar-refractivity contribution in [1.29, 1.82) is 0 Å². The van der Waals surface area contributed by atoms with E-state index in [1.807, 2.05) is 0 Å². The maximum atomic E-state index is 9.01. The fraction of sp³-hybridized carbons (Fsp3) is 0. The first kappa shape index (κ1) is 14.1. The number of nitrogens with one attached hydrogen (secondary N) is 3. The fourth-order valence-electron chi connectivity index (χ4n) is 0.185. The molecule has 0 fully saturated rings. The predicted octanol–water partition coefficient (Wildman–Crippen LogP) is -5.03. The van der Waals surface area contributed by atoms with Gasteiger partial charge in [-0.3, -0.25) is 26.1 Å². The first-order valence-corrected chi connectivity index (χ1v) is 2.75. The first-order chi connectivity index (χ1) is 6.47. The molecule has 0 spiro atoms. The second-order valence-electron chi connectivity index (χ2n) is 1.37. The summed E-state index contributed by atoms with van der Waals surface area (Å²) >= 11 is 0. The molecule has 0 aromatic carbocycles. The molecule has 13 nitrogen and oxygen atoms in total. The van der Waals surface area contributed by atoms with E-state index in [-0.39, 0.29) is 5.96 Å². The normalized spacial score (nSPS) is 7.29. The molecule has 0 aliphatic carbocycles. The number of hydrogen-bond acceptors (Lipinski definition) is 7. The zero-order chi connectivity index (χ0) is 11.6. The quantitative estimate of drug-likeness (QED) is 0.0844. The second kappa shape index (κ2) is 8.68. The van der Waals surface area contributed by atoms with Gasteiger partial charge in [-0.25, -0.2) is 10.9 Å². The highest BCUT2D eigenvalue weighted by atomic mass is 16.8. The summed E-state index contributed by atoms with van der Waals surface area (Å²) in [6.07, 6.45) is 0. The molecular formula is CH9N9O4. The van der Waals surface area contributed by atoms with Crippen LogP contribution in [0.4, 0.5) is 0 Å². The molecule has 0 aromatic heterocycles. The van der Waals surface area contributed by atoms with Crippen LogP contribution in [-0.4, -0.2) is 16.0 Å². The molecule has 13 heteroatoms. The summed E-state index contributed by atoms with van der Waals surface area (Å²) in [6.45, 7) is 0. The van der Waals surface area contributed by atoms with Crippen molar-refractivity contribution in [2.45, 2.75) is 0 Å². The minimum atomic E-state index is -1.38. The molecule has 0 heterocycles. The zero-order valence-corrected chi connectivity index (χ0v) is 6.71. The average molecular weight is 211 g/mol. The number of hydrazone groups is 1. The van der Waals surface area contributed by atoms with Crippen LogP contribution in [0.15, 0.2) is 0 Å². The summed E-state index contributed by atoms with van der Waals surface area (Å²) in [4.78, 5) is 18.0. The van der Waals surface area contributed by atoms with Gasteiger partial charge in [0.25, 0.3) is 0 Å². The molecule has 0 unspecified atom stereocenters. The molecule has 0 atom stereocenters. The predicted molar refractivity (Wildman–Crippen MR) is 42.2 cm³/mol. The van der Waals surface area contributed by atoms with Gasteiger partial charge in [-0.2, -0.15) is 16.8 Å². The molecule has 0 aromatic rings. The van der Waals surface area contributed by atoms with Crippen LogP contribution in [0.1, 0.15) is 0 Å². The second-order valence-corrected chi connectivity index (χ2v) is 1.37. The number of nitrogens with two attached hydrogens (primary N) is 3. The highest BCUT2D eigenvalue weighted by molar-refractivity contribution is 5.72. The summed E-state index contributed by atoms with van der Waals surface area (Å²) in [6, 6.07) is 0. The van der Waals surface area contributed by atoms with E-state index in [9.17, 15) is 0 Å². The highest BCUT2D eigenvalue weighted by Crippen LogP contribution is 1.82. The largest absolute Gasteiger partial charge is 0.398 e. The average Bonchev–Trinajstić information content (AvgIpc) is 2.06. The van der Waals surface area contributed by atoms with Crippen LogP contribution >= 0.6 is 0 Å². The summed E-state index contributed by atoms with van der Waals surface area (Å²) in [5.74, 6) is 14.7. The number of guanidine groups is 1. The smallest absolute Gasteiger partial charge is 0.296 e. The van der Waals surface area contributed by atoms with Gasteiger partial charge in [0.15, 0.2) is 0 Å². The van der Waals surface area contributed by atoms with Crippen molar-refractivity contribution in [3.8, 4) is 0 Å². The van der Waals surface area contributed by atoms with Gasteiger partial charge in [0, 0.05) is 10.1 Å². The van der Waals surface area contributed by atoms with Crippen molar-refractivity contribution in [2.24, 2.45) is 17.5 Å². The minimum Gasteiger partial charge on any atom is -0.296 e. The van der Waals surface area contributed by atoms with Crippen LogP contribution in [0.3, 0.4) is 0 Å². The van der Waals surface area contributed by atoms with E-state index in [0.717, 1.165) is 0 Å². The van der Waals surface area contributed by atoms with Crippen molar-refractivity contribution in [2.75, 3.05) is 0 Å². The van der Waals surface area contributed by atoms with E-state index in [0.29, 0.717) is 0 Å². The molecule has 0 saturated heterocycles. The van der Waals surface area contributed by atoms with Crippen LogP contribution in [0, 0.1) is 20.2 Å². The molecule has 0 aliphatic rings. The van der Waals surface area contributed by atoms with Crippen molar-refractivity contribution in [3.63, 3.8) is 0 Å². The lowest BCUT2D eigenvalue weighted by atomic mass is 11.1.